The van der Waals surface area contributed by atoms with E-state index in [-0.39, 0.29) is 24.9 Å². The fourth-order valence-corrected chi connectivity index (χ4v) is 6.90. The molecule has 6 aromatic rings. The van der Waals surface area contributed by atoms with Crippen molar-refractivity contribution in [2.75, 3.05) is 27.3 Å². The van der Waals surface area contributed by atoms with Gasteiger partial charge in [0.05, 0.1) is 50.6 Å². The van der Waals surface area contributed by atoms with Crippen LogP contribution in [0.15, 0.2) is 121 Å². The van der Waals surface area contributed by atoms with Crippen molar-refractivity contribution >= 4 is 24.0 Å². The van der Waals surface area contributed by atoms with Crippen LogP contribution in [0, 0.1) is 0 Å². The van der Waals surface area contributed by atoms with Crippen molar-refractivity contribution in [3.05, 3.63) is 144 Å². The maximum atomic E-state index is 13.8. The van der Waals surface area contributed by atoms with Crippen molar-refractivity contribution in [1.29, 1.82) is 0 Å². The van der Waals surface area contributed by atoms with Crippen LogP contribution in [0.2, 0.25) is 0 Å². The maximum Gasteiger partial charge on any atom is 0.407 e. The van der Waals surface area contributed by atoms with E-state index in [1.807, 2.05) is 105 Å². The minimum Gasteiger partial charge on any atom is -0.453 e. The highest BCUT2D eigenvalue weighted by Gasteiger charge is 2.29. The SMILES string of the molecule is CCCN(Cc1cc(-c2ccc(-c3ccc(-c4cnc(CN(CCC)C(=O)C(NC(=O)OC)c5ccccc5)[nH]4)cc3)cc2)n[nH]1)C(=O)C(NC(=O)OC)c1ccccc1. The van der Waals surface area contributed by atoms with E-state index in [4.69, 9.17) is 9.47 Å². The molecule has 0 fully saturated rings. The van der Waals surface area contributed by atoms with E-state index in [2.05, 4.69) is 30.8 Å². The topological polar surface area (TPSA) is 175 Å². The van der Waals surface area contributed by atoms with E-state index in [1.165, 1.54) is 14.2 Å². The molecule has 0 bridgehead atoms. The number of methoxy groups -OCH3 is 2. The molecule has 0 aliphatic carbocycles. The molecular formula is C46H50N8O6. The van der Waals surface area contributed by atoms with Crippen LogP contribution < -0.4 is 10.6 Å². The van der Waals surface area contributed by atoms with Crippen molar-refractivity contribution in [2.24, 2.45) is 0 Å². The molecule has 4 N–H and O–H groups in total. The number of hydrogen-bond acceptors (Lipinski definition) is 8. The summed E-state index contributed by atoms with van der Waals surface area (Å²) in [7, 11) is 2.54. The summed E-state index contributed by atoms with van der Waals surface area (Å²) in [5, 5.41) is 13.0. The summed E-state index contributed by atoms with van der Waals surface area (Å²) >= 11 is 0. The third-order valence-corrected chi connectivity index (χ3v) is 9.94. The summed E-state index contributed by atoms with van der Waals surface area (Å²) in [6.07, 6.45) is 1.83. The van der Waals surface area contributed by atoms with Crippen LogP contribution in [-0.2, 0) is 32.2 Å². The number of carbonyl (C=O) groups excluding carboxylic acids is 4. The molecule has 14 heteroatoms. The van der Waals surface area contributed by atoms with E-state index in [0.717, 1.165) is 52.2 Å². The number of hydrogen-bond donors (Lipinski definition) is 4. The van der Waals surface area contributed by atoms with Gasteiger partial charge in [-0.25, -0.2) is 14.6 Å². The summed E-state index contributed by atoms with van der Waals surface area (Å²) in [5.74, 6) is 0.111. The van der Waals surface area contributed by atoms with Gasteiger partial charge in [-0.3, -0.25) is 14.7 Å². The molecular weight excluding hydrogens is 761 g/mol. The predicted octanol–water partition coefficient (Wildman–Crippen LogP) is 7.81. The van der Waals surface area contributed by atoms with Gasteiger partial charge >= 0.3 is 12.2 Å². The zero-order chi connectivity index (χ0) is 42.4. The lowest BCUT2D eigenvalue weighted by Crippen LogP contribution is -2.43. The van der Waals surface area contributed by atoms with Crippen LogP contribution in [0.5, 0.6) is 0 Å². The number of amides is 4. The highest BCUT2D eigenvalue weighted by molar-refractivity contribution is 5.88. The molecule has 4 amide bonds. The fraction of sp³-hybridized carbons (Fsp3) is 0.261. The minimum absolute atomic E-state index is 0.235. The molecule has 2 unspecified atom stereocenters. The largest absolute Gasteiger partial charge is 0.453 e. The Labute approximate surface area is 349 Å². The molecule has 60 heavy (non-hydrogen) atoms. The number of ether oxygens (including phenoxy) is 2. The number of benzene rings is 4. The summed E-state index contributed by atoms with van der Waals surface area (Å²) in [4.78, 5) is 63.3. The monoisotopic (exact) mass is 810 g/mol. The predicted molar refractivity (Wildman–Crippen MR) is 228 cm³/mol. The van der Waals surface area contributed by atoms with Gasteiger partial charge in [0.25, 0.3) is 0 Å². The molecule has 2 aromatic heterocycles. The van der Waals surface area contributed by atoms with Crippen LogP contribution in [-0.4, -0.2) is 81.3 Å². The fourth-order valence-electron chi connectivity index (χ4n) is 6.90. The van der Waals surface area contributed by atoms with Crippen LogP contribution >= 0.6 is 0 Å². The Morgan fingerprint density at radius 2 is 1.10 bits per heavy atom. The first kappa shape index (κ1) is 42.4. The van der Waals surface area contributed by atoms with Gasteiger partial charge in [-0.2, -0.15) is 5.10 Å². The van der Waals surface area contributed by atoms with Crippen molar-refractivity contribution in [3.8, 4) is 33.6 Å². The number of aromatic nitrogens is 4. The lowest BCUT2D eigenvalue weighted by atomic mass is 10.0. The third kappa shape index (κ3) is 10.6. The number of carbonyl (C=O) groups is 4. The first-order chi connectivity index (χ1) is 29.2. The lowest BCUT2D eigenvalue weighted by molar-refractivity contribution is -0.135. The molecule has 2 heterocycles. The van der Waals surface area contributed by atoms with E-state index in [9.17, 15) is 19.2 Å². The van der Waals surface area contributed by atoms with Gasteiger partial charge in [0.2, 0.25) is 11.8 Å². The van der Waals surface area contributed by atoms with E-state index >= 15 is 0 Å². The van der Waals surface area contributed by atoms with Gasteiger partial charge in [0.1, 0.15) is 17.9 Å². The number of aromatic amines is 2. The lowest BCUT2D eigenvalue weighted by Gasteiger charge is -2.27. The Kier molecular flexibility index (Phi) is 14.5. The molecule has 0 saturated carbocycles. The average Bonchev–Trinajstić information content (AvgIpc) is 3.97. The first-order valence-electron chi connectivity index (χ1n) is 19.9. The zero-order valence-electron chi connectivity index (χ0n) is 34.2. The molecule has 2 atom stereocenters. The van der Waals surface area contributed by atoms with Crippen molar-refractivity contribution in [1.82, 2.24) is 40.6 Å². The van der Waals surface area contributed by atoms with Crippen LogP contribution in [0.1, 0.15) is 61.4 Å². The second-order valence-corrected chi connectivity index (χ2v) is 14.2. The number of H-pyrrole nitrogens is 2. The van der Waals surface area contributed by atoms with Gasteiger partial charge in [-0.1, -0.05) is 123 Å². The smallest absolute Gasteiger partial charge is 0.407 e. The molecule has 0 spiro atoms. The minimum atomic E-state index is -0.908. The molecule has 0 aliphatic heterocycles. The van der Waals surface area contributed by atoms with E-state index < -0.39 is 24.3 Å². The van der Waals surface area contributed by atoms with Crippen LogP contribution in [0.3, 0.4) is 0 Å². The number of nitrogens with zero attached hydrogens (tertiary/aromatic N) is 4. The van der Waals surface area contributed by atoms with E-state index in [0.29, 0.717) is 30.0 Å². The molecule has 4 aromatic carbocycles. The molecule has 6 rings (SSSR count). The van der Waals surface area contributed by atoms with Gasteiger partial charge in [0.15, 0.2) is 0 Å². The standard InChI is InChI=1S/C46H50N8O6/c1-5-25-53(43(55)41(49-45(57)59-3)35-13-9-7-10-14-35)29-37-27-38(52-51-37)33-21-17-31(18-22-33)32-19-23-34(24-20-32)39-28-47-40(48-39)30-54(26-6-2)44(56)42(50-46(58)60-4)36-15-11-8-12-16-36/h7-24,27-28,41-42H,5-6,25-26,29-30H2,1-4H3,(H,47,48)(H,49,57)(H,50,58)(H,51,52). The number of imidazole rings is 1. The Bertz CT molecular complexity index is 2160. The molecule has 0 saturated heterocycles. The highest BCUT2D eigenvalue weighted by Crippen LogP contribution is 2.28. The number of rotatable bonds is 17. The molecule has 0 radical (unpaired) electrons. The van der Waals surface area contributed by atoms with Gasteiger partial charge in [-0.05, 0) is 46.7 Å². The summed E-state index contributed by atoms with van der Waals surface area (Å²) < 4.78 is 9.62. The van der Waals surface area contributed by atoms with Crippen molar-refractivity contribution in [3.63, 3.8) is 0 Å². The number of nitrogens with one attached hydrogen (secondary N) is 4. The second kappa shape index (κ2) is 20.5. The van der Waals surface area contributed by atoms with Gasteiger partial charge < -0.3 is 34.9 Å². The third-order valence-electron chi connectivity index (χ3n) is 9.94. The normalized spacial score (nSPS) is 11.9. The summed E-state index contributed by atoms with van der Waals surface area (Å²) in [6, 6.07) is 34.6. The zero-order valence-corrected chi connectivity index (χ0v) is 34.2. The second-order valence-electron chi connectivity index (χ2n) is 14.2. The quantitative estimate of drug-likeness (QED) is 0.0722. The van der Waals surface area contributed by atoms with Gasteiger partial charge in [-0.15, -0.1) is 0 Å². The Balaban J connectivity index is 1.10. The summed E-state index contributed by atoms with van der Waals surface area (Å²) in [6.45, 7) is 5.47. The average molecular weight is 811 g/mol. The van der Waals surface area contributed by atoms with Crippen molar-refractivity contribution < 1.29 is 28.7 Å². The molecule has 14 nitrogen and oxygen atoms in total. The Hall–Kier alpha value is -7.22. The molecule has 0 aliphatic rings. The van der Waals surface area contributed by atoms with Crippen molar-refractivity contribution in [2.45, 2.75) is 51.9 Å². The van der Waals surface area contributed by atoms with E-state index in [1.54, 1.807) is 40.3 Å². The molecule has 310 valence electrons. The summed E-state index contributed by atoms with van der Waals surface area (Å²) in [5.41, 5.74) is 7.54. The van der Waals surface area contributed by atoms with Crippen LogP contribution in [0.4, 0.5) is 9.59 Å². The Morgan fingerprint density at radius 3 is 1.58 bits per heavy atom. The first-order valence-corrected chi connectivity index (χ1v) is 19.9. The van der Waals surface area contributed by atoms with Crippen LogP contribution in [0.25, 0.3) is 33.6 Å². The van der Waals surface area contributed by atoms with Gasteiger partial charge in [0, 0.05) is 18.7 Å². The Morgan fingerprint density at radius 1 is 0.633 bits per heavy atom. The maximum absolute atomic E-state index is 13.8. The highest BCUT2D eigenvalue weighted by atomic mass is 16.5. The number of alkyl carbamates (subject to hydrolysis) is 2.